The van der Waals surface area contributed by atoms with Gasteiger partial charge in [0.15, 0.2) is 0 Å². The van der Waals surface area contributed by atoms with Gasteiger partial charge in [-0.1, -0.05) is 30.3 Å². The minimum atomic E-state index is -0.590. The molecule has 0 atom stereocenters. The monoisotopic (exact) mass is 335 g/mol. The summed E-state index contributed by atoms with van der Waals surface area (Å²) in [4.78, 5) is 27.9. The van der Waals surface area contributed by atoms with Gasteiger partial charge in [-0.25, -0.2) is 10.5 Å². The molecular weight excluding hydrogens is 318 g/mol. The molecule has 0 aliphatic rings. The first kappa shape index (κ1) is 16.6. The highest BCUT2D eigenvalue weighted by Crippen LogP contribution is 2.11. The van der Waals surface area contributed by atoms with E-state index >= 15 is 0 Å². The third-order valence-corrected chi connectivity index (χ3v) is 3.85. The zero-order valence-corrected chi connectivity index (χ0v) is 13.6. The minimum Gasteiger partial charge on any atom is -0.294 e. The molecule has 2 N–H and O–H groups in total. The molecule has 0 fully saturated rings. The molecule has 0 spiro atoms. The van der Waals surface area contributed by atoms with E-state index in [9.17, 15) is 9.59 Å². The van der Waals surface area contributed by atoms with E-state index in [4.69, 9.17) is 5.21 Å². The molecule has 0 aliphatic carbocycles. The highest BCUT2D eigenvalue weighted by atomic mass is 16.5. The van der Waals surface area contributed by atoms with Crippen molar-refractivity contribution in [1.82, 2.24) is 15.0 Å². The maximum atomic E-state index is 12.6. The highest BCUT2D eigenvalue weighted by molar-refractivity contribution is 5.90. The molecule has 3 rings (SSSR count). The zero-order chi connectivity index (χ0) is 17.8. The Hall–Kier alpha value is -3.25. The lowest BCUT2D eigenvalue weighted by Gasteiger charge is -2.07. The van der Waals surface area contributed by atoms with Crippen LogP contribution in [0.15, 0.2) is 59.7 Å². The molecule has 0 saturated carbocycles. The van der Waals surface area contributed by atoms with Crippen molar-refractivity contribution in [2.45, 2.75) is 13.5 Å². The molecule has 2 aromatic carbocycles. The molecule has 25 heavy (non-hydrogen) atoms. The van der Waals surface area contributed by atoms with Gasteiger partial charge in [-0.15, -0.1) is 0 Å². The number of amides is 1. The molecule has 126 valence electrons. The van der Waals surface area contributed by atoms with Crippen LogP contribution < -0.4 is 11.0 Å². The van der Waals surface area contributed by atoms with Crippen LogP contribution in [0, 0.1) is 6.92 Å². The van der Waals surface area contributed by atoms with Crippen molar-refractivity contribution in [3.8, 4) is 0 Å². The average molecular weight is 335 g/mol. The van der Waals surface area contributed by atoms with Crippen molar-refractivity contribution in [2.24, 2.45) is 0 Å². The third kappa shape index (κ3) is 3.81. The maximum Gasteiger partial charge on any atom is 0.267 e. The molecule has 0 aliphatic heterocycles. The smallest absolute Gasteiger partial charge is 0.267 e. The second-order valence-corrected chi connectivity index (χ2v) is 5.75. The number of aromatic nitrogens is 2. The highest BCUT2D eigenvalue weighted by Gasteiger charge is 2.05. The summed E-state index contributed by atoms with van der Waals surface area (Å²) in [7, 11) is 0. The maximum absolute atomic E-state index is 12.6. The van der Waals surface area contributed by atoms with Crippen molar-refractivity contribution in [2.75, 3.05) is 0 Å². The predicted octanol–water partition coefficient (Wildman–Crippen LogP) is 2.27. The molecule has 0 radical (unpaired) electrons. The molecule has 3 aromatic rings. The number of nitrogens with one attached hydrogen (secondary N) is 1. The normalized spacial score (nSPS) is 11.1. The van der Waals surface area contributed by atoms with Crippen LogP contribution in [-0.2, 0) is 11.3 Å². The topological polar surface area (TPSA) is 84.2 Å². The quantitative estimate of drug-likeness (QED) is 0.435. The van der Waals surface area contributed by atoms with Gasteiger partial charge in [0, 0.05) is 6.08 Å². The average Bonchev–Trinajstić information content (AvgIpc) is 2.63. The molecule has 1 heterocycles. The van der Waals surface area contributed by atoms with Crippen LogP contribution >= 0.6 is 0 Å². The Balaban J connectivity index is 1.83. The van der Waals surface area contributed by atoms with Crippen molar-refractivity contribution in [3.63, 3.8) is 0 Å². The molecule has 0 unspecified atom stereocenters. The Morgan fingerprint density at radius 3 is 2.72 bits per heavy atom. The van der Waals surface area contributed by atoms with Gasteiger partial charge >= 0.3 is 0 Å². The number of nitrogens with zero attached hydrogens (tertiary/aromatic N) is 2. The number of fused-ring (bicyclic) bond motifs is 1. The molecular formula is C19H17N3O3. The van der Waals surface area contributed by atoms with Gasteiger partial charge in [0.25, 0.3) is 11.5 Å². The largest absolute Gasteiger partial charge is 0.294 e. The van der Waals surface area contributed by atoms with Gasteiger partial charge in [-0.2, -0.15) is 0 Å². The zero-order valence-electron chi connectivity index (χ0n) is 13.6. The first-order valence-corrected chi connectivity index (χ1v) is 7.74. The lowest BCUT2D eigenvalue weighted by atomic mass is 10.1. The lowest BCUT2D eigenvalue weighted by molar-refractivity contribution is -0.124. The summed E-state index contributed by atoms with van der Waals surface area (Å²) in [5, 5.41) is 9.05. The molecule has 6 nitrogen and oxygen atoms in total. The molecule has 0 saturated heterocycles. The molecule has 6 heteroatoms. The predicted molar refractivity (Wildman–Crippen MR) is 95.2 cm³/mol. The fourth-order valence-corrected chi connectivity index (χ4v) is 2.52. The molecule has 1 aromatic heterocycles. The standard InChI is InChI=1S/C19H17N3O3/c1-13-2-8-16-17(10-13)20-12-22(19(16)24)11-15-5-3-14(4-6-15)7-9-18(23)21-25/h2-10,12,25H,11H2,1H3,(H,21,23)/b9-7+. The number of hydrogen-bond acceptors (Lipinski definition) is 4. The summed E-state index contributed by atoms with van der Waals surface area (Å²) >= 11 is 0. The Kier molecular flexibility index (Phi) is 4.72. The second-order valence-electron chi connectivity index (χ2n) is 5.75. The van der Waals surface area contributed by atoms with E-state index in [1.807, 2.05) is 43.3 Å². The summed E-state index contributed by atoms with van der Waals surface area (Å²) < 4.78 is 1.57. The molecule has 1 amide bonds. The second kappa shape index (κ2) is 7.11. The number of hydrogen-bond donors (Lipinski definition) is 2. The summed E-state index contributed by atoms with van der Waals surface area (Å²) in [5.74, 6) is -0.590. The molecule has 0 bridgehead atoms. The van der Waals surface area contributed by atoms with Crippen molar-refractivity contribution in [3.05, 3.63) is 81.9 Å². The van der Waals surface area contributed by atoms with Crippen LogP contribution in [-0.4, -0.2) is 20.7 Å². The summed E-state index contributed by atoms with van der Waals surface area (Å²) in [6, 6.07) is 13.0. The van der Waals surface area contributed by atoms with E-state index in [0.29, 0.717) is 17.4 Å². The van der Waals surface area contributed by atoms with Gasteiger partial charge in [0.2, 0.25) is 0 Å². The van der Waals surface area contributed by atoms with Crippen LogP contribution in [0.4, 0.5) is 0 Å². The van der Waals surface area contributed by atoms with Crippen molar-refractivity contribution >= 4 is 22.9 Å². The Labute approximate surface area is 144 Å². The van der Waals surface area contributed by atoms with Gasteiger partial charge < -0.3 is 0 Å². The van der Waals surface area contributed by atoms with E-state index in [1.165, 1.54) is 11.6 Å². The van der Waals surface area contributed by atoms with Crippen molar-refractivity contribution in [1.29, 1.82) is 0 Å². The number of carbonyl (C=O) groups excluding carboxylic acids is 1. The minimum absolute atomic E-state index is 0.0754. The number of rotatable bonds is 4. The Morgan fingerprint density at radius 2 is 2.00 bits per heavy atom. The van der Waals surface area contributed by atoms with E-state index in [0.717, 1.165) is 16.7 Å². The van der Waals surface area contributed by atoms with Gasteiger partial charge in [-0.3, -0.25) is 19.4 Å². The van der Waals surface area contributed by atoms with E-state index < -0.39 is 5.91 Å². The third-order valence-electron chi connectivity index (χ3n) is 3.85. The summed E-state index contributed by atoms with van der Waals surface area (Å²) in [6.45, 7) is 2.38. The van der Waals surface area contributed by atoms with Gasteiger partial charge in [0.1, 0.15) is 0 Å². The van der Waals surface area contributed by atoms with Crippen LogP contribution in [0.5, 0.6) is 0 Å². The van der Waals surface area contributed by atoms with E-state index in [1.54, 1.807) is 23.0 Å². The Morgan fingerprint density at radius 1 is 1.24 bits per heavy atom. The number of aryl methyl sites for hydroxylation is 1. The lowest BCUT2D eigenvalue weighted by Crippen LogP contribution is -2.21. The van der Waals surface area contributed by atoms with Crippen LogP contribution in [0.25, 0.3) is 17.0 Å². The van der Waals surface area contributed by atoms with E-state index in [2.05, 4.69) is 4.98 Å². The number of carbonyl (C=O) groups is 1. The van der Waals surface area contributed by atoms with Crippen LogP contribution in [0.2, 0.25) is 0 Å². The fraction of sp³-hybridized carbons (Fsp3) is 0.105. The van der Waals surface area contributed by atoms with Crippen LogP contribution in [0.3, 0.4) is 0 Å². The SMILES string of the molecule is Cc1ccc2c(=O)n(Cc3ccc(/C=C/C(=O)NO)cc3)cnc2c1. The van der Waals surface area contributed by atoms with E-state index in [-0.39, 0.29) is 5.56 Å². The van der Waals surface area contributed by atoms with Gasteiger partial charge in [-0.05, 0) is 41.8 Å². The summed E-state index contributed by atoms with van der Waals surface area (Å²) in [6.07, 6.45) is 4.37. The first-order valence-electron chi connectivity index (χ1n) is 7.74. The van der Waals surface area contributed by atoms with Crippen molar-refractivity contribution < 1.29 is 10.0 Å². The first-order chi connectivity index (χ1) is 12.1. The van der Waals surface area contributed by atoms with Gasteiger partial charge in [0.05, 0.1) is 23.8 Å². The van der Waals surface area contributed by atoms with Crippen LogP contribution in [0.1, 0.15) is 16.7 Å². The fourth-order valence-electron chi connectivity index (χ4n) is 2.52. The number of benzene rings is 2. The summed E-state index contributed by atoms with van der Waals surface area (Å²) in [5.41, 5.74) is 4.98. The Bertz CT molecular complexity index is 1000. The number of hydroxylamine groups is 1.